The molecule has 0 spiro atoms. The van der Waals surface area contributed by atoms with Crippen LogP contribution in [0.25, 0.3) is 0 Å². The van der Waals surface area contributed by atoms with Crippen molar-refractivity contribution in [3.8, 4) is 0 Å². The van der Waals surface area contributed by atoms with Gasteiger partial charge < -0.3 is 9.52 Å². The highest BCUT2D eigenvalue weighted by Crippen LogP contribution is 2.36. The number of furan rings is 1. The first-order valence-corrected chi connectivity index (χ1v) is 6.13. The van der Waals surface area contributed by atoms with Gasteiger partial charge in [0.15, 0.2) is 0 Å². The quantitative estimate of drug-likeness (QED) is 0.852. The largest absolute Gasteiger partial charge is 0.472 e. The molecule has 1 aliphatic heterocycles. The predicted octanol–water partition coefficient (Wildman–Crippen LogP) is 2.58. The zero-order valence-corrected chi connectivity index (χ0v) is 10.1. The van der Waals surface area contributed by atoms with Gasteiger partial charge in [-0.3, -0.25) is 4.90 Å². The summed E-state index contributed by atoms with van der Waals surface area (Å²) in [4.78, 5) is 2.41. The molecule has 0 saturated carbocycles. The predicted molar refractivity (Wildman–Crippen MR) is 63.2 cm³/mol. The van der Waals surface area contributed by atoms with Crippen molar-refractivity contribution in [3.63, 3.8) is 0 Å². The normalized spacial score (nSPS) is 23.2. The zero-order valence-electron chi connectivity index (χ0n) is 10.1. The van der Waals surface area contributed by atoms with Crippen molar-refractivity contribution in [2.24, 2.45) is 0 Å². The third kappa shape index (κ3) is 1.89. The van der Waals surface area contributed by atoms with Gasteiger partial charge in [-0.25, -0.2) is 0 Å². The molecular formula is C13H21NO2. The zero-order chi connectivity index (χ0) is 11.6. The molecule has 0 radical (unpaired) electrons. The molecule has 1 aliphatic rings. The number of likely N-dealkylation sites (tertiary alicyclic amines) is 1. The maximum Gasteiger partial charge on any atom is 0.100 e. The van der Waals surface area contributed by atoms with Crippen LogP contribution in [0, 0.1) is 0 Å². The molecule has 0 amide bonds. The van der Waals surface area contributed by atoms with E-state index in [1.165, 1.54) is 12.8 Å². The lowest BCUT2D eigenvalue weighted by molar-refractivity contribution is -0.0142. The van der Waals surface area contributed by atoms with Gasteiger partial charge in [-0.15, -0.1) is 0 Å². The molecule has 0 bridgehead atoms. The third-order valence-electron chi connectivity index (χ3n) is 3.99. The van der Waals surface area contributed by atoms with Gasteiger partial charge in [0.1, 0.15) is 6.10 Å². The van der Waals surface area contributed by atoms with Crippen LogP contribution in [-0.4, -0.2) is 28.6 Å². The van der Waals surface area contributed by atoms with Crippen molar-refractivity contribution in [2.45, 2.75) is 44.8 Å². The smallest absolute Gasteiger partial charge is 0.100 e. The van der Waals surface area contributed by atoms with Crippen LogP contribution in [0.15, 0.2) is 23.0 Å². The second-order valence-corrected chi connectivity index (χ2v) is 4.86. The molecule has 1 aromatic heterocycles. The van der Waals surface area contributed by atoms with E-state index in [0.717, 1.165) is 25.1 Å². The van der Waals surface area contributed by atoms with Crippen LogP contribution < -0.4 is 0 Å². The number of hydrogen-bond donors (Lipinski definition) is 1. The minimum absolute atomic E-state index is 0.166. The fraction of sp³-hybridized carbons (Fsp3) is 0.692. The Morgan fingerprint density at radius 3 is 2.69 bits per heavy atom. The Kier molecular flexibility index (Phi) is 3.36. The lowest BCUT2D eigenvalue weighted by Crippen LogP contribution is -2.48. The lowest BCUT2D eigenvalue weighted by Gasteiger charge is -2.41. The summed E-state index contributed by atoms with van der Waals surface area (Å²) in [5.74, 6) is 0. The second kappa shape index (κ2) is 4.60. The molecule has 2 atom stereocenters. The third-order valence-corrected chi connectivity index (χ3v) is 3.99. The Morgan fingerprint density at radius 1 is 1.50 bits per heavy atom. The van der Waals surface area contributed by atoms with Gasteiger partial charge in [0, 0.05) is 11.1 Å². The summed E-state index contributed by atoms with van der Waals surface area (Å²) in [7, 11) is 0. The van der Waals surface area contributed by atoms with Crippen LogP contribution in [0.1, 0.15) is 44.8 Å². The fourth-order valence-electron chi connectivity index (χ4n) is 2.61. The lowest BCUT2D eigenvalue weighted by atomic mass is 9.86. The molecule has 2 unspecified atom stereocenters. The monoisotopic (exact) mass is 223 g/mol. The number of aliphatic hydroxyl groups is 1. The highest BCUT2D eigenvalue weighted by atomic mass is 16.3. The molecule has 1 N–H and O–H groups in total. The molecule has 16 heavy (non-hydrogen) atoms. The van der Waals surface area contributed by atoms with Gasteiger partial charge in [0.05, 0.1) is 12.5 Å². The average molecular weight is 223 g/mol. The molecule has 0 aliphatic carbocycles. The highest BCUT2D eigenvalue weighted by Gasteiger charge is 2.39. The molecular weight excluding hydrogens is 202 g/mol. The van der Waals surface area contributed by atoms with Crippen LogP contribution in [0.4, 0.5) is 0 Å². The fourth-order valence-corrected chi connectivity index (χ4v) is 2.61. The Bertz CT molecular complexity index is 317. The number of nitrogens with zero attached hydrogens (tertiary/aromatic N) is 1. The van der Waals surface area contributed by atoms with Crippen molar-refractivity contribution < 1.29 is 9.52 Å². The van der Waals surface area contributed by atoms with E-state index in [-0.39, 0.29) is 5.54 Å². The maximum absolute atomic E-state index is 10.5. The van der Waals surface area contributed by atoms with Crippen LogP contribution >= 0.6 is 0 Å². The van der Waals surface area contributed by atoms with Gasteiger partial charge in [0.25, 0.3) is 0 Å². The molecule has 1 saturated heterocycles. The number of rotatable bonds is 4. The Hall–Kier alpha value is -0.800. The molecule has 3 heteroatoms. The topological polar surface area (TPSA) is 36.6 Å². The molecule has 2 heterocycles. The molecule has 90 valence electrons. The van der Waals surface area contributed by atoms with Crippen LogP contribution in [0.3, 0.4) is 0 Å². The van der Waals surface area contributed by atoms with Crippen molar-refractivity contribution >= 4 is 0 Å². The van der Waals surface area contributed by atoms with Gasteiger partial charge in [0.2, 0.25) is 0 Å². The second-order valence-electron chi connectivity index (χ2n) is 4.86. The van der Waals surface area contributed by atoms with Crippen LogP contribution in [-0.2, 0) is 0 Å². The highest BCUT2D eigenvalue weighted by molar-refractivity contribution is 5.15. The summed E-state index contributed by atoms with van der Waals surface area (Å²) >= 11 is 0. The van der Waals surface area contributed by atoms with Crippen molar-refractivity contribution in [3.05, 3.63) is 24.2 Å². The van der Waals surface area contributed by atoms with E-state index in [1.807, 2.05) is 6.07 Å². The number of aliphatic hydroxyl groups excluding tert-OH is 1. The van der Waals surface area contributed by atoms with Crippen LogP contribution in [0.5, 0.6) is 0 Å². The summed E-state index contributed by atoms with van der Waals surface area (Å²) in [5.41, 5.74) is 0.719. The van der Waals surface area contributed by atoms with Crippen molar-refractivity contribution in [2.75, 3.05) is 13.1 Å². The first-order valence-electron chi connectivity index (χ1n) is 6.13. The number of hydrogen-bond acceptors (Lipinski definition) is 3. The summed E-state index contributed by atoms with van der Waals surface area (Å²) in [6, 6.07) is 1.86. The molecule has 0 aromatic carbocycles. The molecule has 1 fully saturated rings. The Balaban J connectivity index is 2.19. The van der Waals surface area contributed by atoms with E-state index < -0.39 is 6.10 Å². The van der Waals surface area contributed by atoms with Crippen LogP contribution in [0.2, 0.25) is 0 Å². The summed E-state index contributed by atoms with van der Waals surface area (Å²) < 4.78 is 5.06. The molecule has 3 nitrogen and oxygen atoms in total. The van der Waals surface area contributed by atoms with E-state index in [1.54, 1.807) is 12.5 Å². The van der Waals surface area contributed by atoms with Gasteiger partial charge in [-0.2, -0.15) is 0 Å². The van der Waals surface area contributed by atoms with E-state index in [0.29, 0.717) is 0 Å². The minimum atomic E-state index is -0.464. The summed E-state index contributed by atoms with van der Waals surface area (Å²) in [6.07, 6.45) is 6.24. The van der Waals surface area contributed by atoms with E-state index in [4.69, 9.17) is 4.42 Å². The van der Waals surface area contributed by atoms with Crippen molar-refractivity contribution in [1.82, 2.24) is 4.90 Å². The maximum atomic E-state index is 10.5. The van der Waals surface area contributed by atoms with E-state index >= 15 is 0 Å². The van der Waals surface area contributed by atoms with Gasteiger partial charge >= 0.3 is 0 Å². The SMILES string of the molecule is CCC(C)(C(O)c1ccoc1)N1CCCC1. The first kappa shape index (κ1) is 11.7. The Labute approximate surface area is 97.1 Å². The summed E-state index contributed by atoms with van der Waals surface area (Å²) in [5, 5.41) is 10.5. The average Bonchev–Trinajstić information content (AvgIpc) is 2.98. The summed E-state index contributed by atoms with van der Waals surface area (Å²) in [6.45, 7) is 6.48. The molecule has 2 rings (SSSR count). The standard InChI is InChI=1S/C13H21NO2/c1-3-13(2,14-7-4-5-8-14)12(15)11-6-9-16-10-11/h6,9-10,12,15H,3-5,7-8H2,1-2H3. The van der Waals surface area contributed by atoms with E-state index in [9.17, 15) is 5.11 Å². The minimum Gasteiger partial charge on any atom is -0.472 e. The van der Waals surface area contributed by atoms with Gasteiger partial charge in [-0.1, -0.05) is 6.92 Å². The Morgan fingerprint density at radius 2 is 2.19 bits per heavy atom. The molecule has 1 aromatic rings. The van der Waals surface area contributed by atoms with Crippen molar-refractivity contribution in [1.29, 1.82) is 0 Å². The van der Waals surface area contributed by atoms with Gasteiger partial charge in [-0.05, 0) is 45.3 Å². The van der Waals surface area contributed by atoms with E-state index in [2.05, 4.69) is 18.7 Å². The first-order chi connectivity index (χ1) is 7.68.